The third-order valence-electron chi connectivity index (χ3n) is 2.01. The van der Waals surface area contributed by atoms with Crippen LogP contribution < -0.4 is 5.32 Å². The van der Waals surface area contributed by atoms with Crippen LogP contribution in [-0.4, -0.2) is 21.3 Å². The molecule has 0 saturated carbocycles. The fourth-order valence-corrected chi connectivity index (χ4v) is 2.46. The van der Waals surface area contributed by atoms with Crippen molar-refractivity contribution in [2.24, 2.45) is 0 Å². The zero-order valence-corrected chi connectivity index (χ0v) is 11.6. The molecule has 1 aromatic heterocycles. The van der Waals surface area contributed by atoms with E-state index in [1.807, 2.05) is 0 Å². The summed E-state index contributed by atoms with van der Waals surface area (Å²) in [5.41, 5.74) is 1.23. The number of nitrogens with zero attached hydrogens (tertiary/aromatic N) is 2. The minimum atomic E-state index is 0.182. The quantitative estimate of drug-likeness (QED) is 0.646. The molecule has 0 aliphatic heterocycles. The van der Waals surface area contributed by atoms with E-state index in [1.54, 1.807) is 18.1 Å². The maximum Gasteiger partial charge on any atom is 0.133 e. The number of rotatable bonds is 4. The van der Waals surface area contributed by atoms with Crippen LogP contribution in [0.1, 0.15) is 40.2 Å². The summed E-state index contributed by atoms with van der Waals surface area (Å²) in [5.74, 6) is 0.978. The second kappa shape index (κ2) is 5.53. The van der Waals surface area contributed by atoms with Gasteiger partial charge < -0.3 is 5.32 Å². The largest absolute Gasteiger partial charge is 0.370 e. The normalized spacial score (nSPS) is 11.6. The zero-order chi connectivity index (χ0) is 12.2. The summed E-state index contributed by atoms with van der Waals surface area (Å²) >= 11 is 1.80. The molecule has 0 bridgehead atoms. The molecule has 0 aliphatic rings. The summed E-state index contributed by atoms with van der Waals surface area (Å²) in [6.07, 6.45) is 2.60. The molecule has 0 fully saturated rings. The predicted octanol–water partition coefficient (Wildman–Crippen LogP) is 3.36. The van der Waals surface area contributed by atoms with Crippen molar-refractivity contribution in [2.45, 2.75) is 50.8 Å². The lowest BCUT2D eigenvalue weighted by Gasteiger charge is -2.19. The first-order valence-electron chi connectivity index (χ1n) is 5.74. The van der Waals surface area contributed by atoms with Gasteiger partial charge in [-0.15, -0.1) is 11.8 Å². The van der Waals surface area contributed by atoms with Gasteiger partial charge in [0.05, 0.1) is 0 Å². The van der Waals surface area contributed by atoms with Crippen molar-refractivity contribution in [2.75, 3.05) is 11.9 Å². The van der Waals surface area contributed by atoms with E-state index in [0.717, 1.165) is 23.8 Å². The molecule has 0 atom stereocenters. The Balaban J connectivity index is 3.04. The second-order valence-corrected chi connectivity index (χ2v) is 6.42. The lowest BCUT2D eigenvalue weighted by atomic mass is 10.2. The van der Waals surface area contributed by atoms with Gasteiger partial charge in [-0.3, -0.25) is 0 Å². The van der Waals surface area contributed by atoms with Crippen LogP contribution in [-0.2, 0) is 6.42 Å². The van der Waals surface area contributed by atoms with Crippen LogP contribution in [0.2, 0.25) is 0 Å². The topological polar surface area (TPSA) is 37.8 Å². The van der Waals surface area contributed by atoms with E-state index in [1.165, 1.54) is 5.56 Å². The van der Waals surface area contributed by atoms with E-state index >= 15 is 0 Å². The van der Waals surface area contributed by atoms with Crippen LogP contribution in [0.3, 0.4) is 0 Å². The van der Waals surface area contributed by atoms with E-state index in [2.05, 4.69) is 49.9 Å². The molecule has 1 rings (SSSR count). The molecule has 90 valence electrons. The minimum absolute atomic E-state index is 0.182. The predicted molar refractivity (Wildman–Crippen MR) is 71.2 cm³/mol. The molecular weight excluding hydrogens is 218 g/mol. The molecular formula is C12H21N3S. The number of hydrogen-bond donors (Lipinski definition) is 1. The summed E-state index contributed by atoms with van der Waals surface area (Å²) in [6, 6.07) is 0. The van der Waals surface area contributed by atoms with Gasteiger partial charge in [-0.05, 0) is 13.3 Å². The van der Waals surface area contributed by atoms with Crippen molar-refractivity contribution < 1.29 is 0 Å². The molecule has 3 nitrogen and oxygen atoms in total. The molecule has 0 amide bonds. The maximum atomic E-state index is 4.39. The summed E-state index contributed by atoms with van der Waals surface area (Å²) in [7, 11) is 0. The van der Waals surface area contributed by atoms with Gasteiger partial charge in [-0.25, -0.2) is 9.97 Å². The molecule has 1 heterocycles. The highest BCUT2D eigenvalue weighted by Crippen LogP contribution is 2.34. The van der Waals surface area contributed by atoms with E-state index in [9.17, 15) is 0 Å². The highest BCUT2D eigenvalue weighted by atomic mass is 32.2. The van der Waals surface area contributed by atoms with Crippen molar-refractivity contribution in [1.82, 2.24) is 9.97 Å². The van der Waals surface area contributed by atoms with Gasteiger partial charge in [0, 0.05) is 16.9 Å². The van der Waals surface area contributed by atoms with E-state index in [4.69, 9.17) is 0 Å². The number of anilines is 1. The van der Waals surface area contributed by atoms with E-state index in [0.29, 0.717) is 0 Å². The summed E-state index contributed by atoms with van der Waals surface area (Å²) in [6.45, 7) is 11.7. The average molecular weight is 239 g/mol. The van der Waals surface area contributed by atoms with Gasteiger partial charge in [-0.1, -0.05) is 27.7 Å². The van der Waals surface area contributed by atoms with Crippen LogP contribution in [0.25, 0.3) is 0 Å². The molecule has 16 heavy (non-hydrogen) atoms. The van der Waals surface area contributed by atoms with Crippen LogP contribution in [0.15, 0.2) is 11.4 Å². The van der Waals surface area contributed by atoms with Crippen molar-refractivity contribution in [3.05, 3.63) is 11.9 Å². The van der Waals surface area contributed by atoms with Crippen LogP contribution in [0.4, 0.5) is 5.82 Å². The Kier molecular flexibility index (Phi) is 4.59. The van der Waals surface area contributed by atoms with Crippen LogP contribution in [0.5, 0.6) is 0 Å². The molecule has 0 radical (unpaired) electrons. The van der Waals surface area contributed by atoms with Gasteiger partial charge in [0.15, 0.2) is 0 Å². The Morgan fingerprint density at radius 1 is 1.25 bits per heavy atom. The SMILES string of the molecule is CCNc1ncnc(SC(C)(C)C)c1CC. The van der Waals surface area contributed by atoms with Crippen molar-refractivity contribution >= 4 is 17.6 Å². The first-order valence-corrected chi connectivity index (χ1v) is 6.56. The molecule has 1 aromatic rings. The van der Waals surface area contributed by atoms with Gasteiger partial charge in [0.2, 0.25) is 0 Å². The van der Waals surface area contributed by atoms with E-state index in [-0.39, 0.29) is 4.75 Å². The number of aromatic nitrogens is 2. The first kappa shape index (κ1) is 13.3. The fourth-order valence-electron chi connectivity index (χ4n) is 1.41. The minimum Gasteiger partial charge on any atom is -0.370 e. The molecule has 0 aromatic carbocycles. The van der Waals surface area contributed by atoms with E-state index < -0.39 is 0 Å². The number of hydrogen-bond acceptors (Lipinski definition) is 4. The maximum absolute atomic E-state index is 4.39. The summed E-state index contributed by atoms with van der Waals surface area (Å²) < 4.78 is 0.182. The highest BCUT2D eigenvalue weighted by Gasteiger charge is 2.17. The lowest BCUT2D eigenvalue weighted by Crippen LogP contribution is -2.11. The smallest absolute Gasteiger partial charge is 0.133 e. The number of nitrogens with one attached hydrogen (secondary N) is 1. The summed E-state index contributed by atoms with van der Waals surface area (Å²) in [4.78, 5) is 8.68. The third-order valence-corrected chi connectivity index (χ3v) is 3.16. The molecule has 1 N–H and O–H groups in total. The molecule has 0 saturated heterocycles. The van der Waals surface area contributed by atoms with Gasteiger partial charge in [-0.2, -0.15) is 0 Å². The highest BCUT2D eigenvalue weighted by molar-refractivity contribution is 8.00. The first-order chi connectivity index (χ1) is 7.48. The zero-order valence-electron chi connectivity index (χ0n) is 10.8. The molecule has 4 heteroatoms. The lowest BCUT2D eigenvalue weighted by molar-refractivity contribution is 0.794. The molecule has 0 spiro atoms. The molecule has 0 unspecified atom stereocenters. The number of thioether (sulfide) groups is 1. The van der Waals surface area contributed by atoms with Gasteiger partial charge in [0.1, 0.15) is 17.2 Å². The monoisotopic (exact) mass is 239 g/mol. The van der Waals surface area contributed by atoms with Crippen LogP contribution in [0, 0.1) is 0 Å². The Morgan fingerprint density at radius 3 is 2.44 bits per heavy atom. The Bertz CT molecular complexity index is 345. The van der Waals surface area contributed by atoms with Gasteiger partial charge in [0.25, 0.3) is 0 Å². The standard InChI is InChI=1S/C12H21N3S/c1-6-9-10(13-7-2)14-8-15-11(9)16-12(3,4)5/h8H,6-7H2,1-5H3,(H,13,14,15). The Morgan fingerprint density at radius 2 is 1.94 bits per heavy atom. The van der Waals surface area contributed by atoms with Crippen molar-refractivity contribution in [3.63, 3.8) is 0 Å². The van der Waals surface area contributed by atoms with Gasteiger partial charge >= 0.3 is 0 Å². The van der Waals surface area contributed by atoms with Crippen molar-refractivity contribution in [1.29, 1.82) is 0 Å². The molecule has 0 aliphatic carbocycles. The van der Waals surface area contributed by atoms with Crippen molar-refractivity contribution in [3.8, 4) is 0 Å². The second-order valence-electron chi connectivity index (χ2n) is 4.60. The Labute approximate surface area is 102 Å². The fraction of sp³-hybridized carbons (Fsp3) is 0.667. The average Bonchev–Trinajstić information content (AvgIpc) is 2.16. The third kappa shape index (κ3) is 3.67. The summed E-state index contributed by atoms with van der Waals surface area (Å²) in [5, 5.41) is 4.39. The van der Waals surface area contributed by atoms with Crippen LogP contribution >= 0.6 is 11.8 Å². The Hall–Kier alpha value is -0.770.